The van der Waals surface area contributed by atoms with E-state index in [1.54, 1.807) is 11.6 Å². The summed E-state index contributed by atoms with van der Waals surface area (Å²) in [6.45, 7) is 20.3. The van der Waals surface area contributed by atoms with Gasteiger partial charge in [0.05, 0.1) is 0 Å². The van der Waals surface area contributed by atoms with E-state index in [2.05, 4.69) is 63.9 Å². The highest BCUT2D eigenvalue weighted by atomic mass is 16.3. The maximum atomic E-state index is 12.7. The van der Waals surface area contributed by atoms with Crippen molar-refractivity contribution in [2.45, 2.75) is 105 Å². The van der Waals surface area contributed by atoms with E-state index in [9.17, 15) is 9.90 Å². The third kappa shape index (κ3) is 3.87. The van der Waals surface area contributed by atoms with E-state index >= 15 is 0 Å². The summed E-state index contributed by atoms with van der Waals surface area (Å²) in [4.78, 5) is 15.5. The lowest BCUT2D eigenvalue weighted by molar-refractivity contribution is -0.114. The molecule has 0 aromatic carbocycles. The van der Waals surface area contributed by atoms with Crippen LogP contribution in [0.4, 0.5) is 0 Å². The number of ketones is 1. The fourth-order valence-corrected chi connectivity index (χ4v) is 10.4. The summed E-state index contributed by atoms with van der Waals surface area (Å²) in [6.07, 6.45) is 15.3. The smallest absolute Gasteiger partial charge is 0.220 e. The van der Waals surface area contributed by atoms with Crippen molar-refractivity contribution in [3.05, 3.63) is 46.3 Å². The highest BCUT2D eigenvalue weighted by Gasteiger charge is 2.61. The number of nitrogens with one attached hydrogen (secondary N) is 1. The van der Waals surface area contributed by atoms with Crippen molar-refractivity contribution in [3.8, 4) is 0 Å². The minimum absolute atomic E-state index is 0.0800. The molecule has 1 heterocycles. The van der Waals surface area contributed by atoms with Crippen molar-refractivity contribution >= 4 is 5.78 Å². The second-order valence-electron chi connectivity index (χ2n) is 15.4. The molecule has 0 spiro atoms. The molecule has 4 nitrogen and oxygen atoms in total. The molecule has 6 rings (SSSR count). The van der Waals surface area contributed by atoms with E-state index in [-0.39, 0.29) is 22.4 Å². The SMILES string of the molecule is CC1=C(O)C(=O)C=C2C1=CC=C1C2(C)CCC2C3C[C@](C)(CN4CC(C)NC(C)C4)CCC3(C)CCC12C. The second kappa shape index (κ2) is 8.67. The van der Waals surface area contributed by atoms with Gasteiger partial charge in [0.25, 0.3) is 0 Å². The van der Waals surface area contributed by atoms with Crippen molar-refractivity contribution in [1.29, 1.82) is 0 Å². The van der Waals surface area contributed by atoms with Gasteiger partial charge in [-0.25, -0.2) is 0 Å². The number of fused-ring (bicyclic) bond motifs is 7. The molecule has 4 heteroatoms. The Labute approximate surface area is 230 Å². The van der Waals surface area contributed by atoms with Crippen LogP contribution < -0.4 is 5.32 Å². The lowest BCUT2D eigenvalue weighted by Crippen LogP contribution is -2.59. The molecule has 7 unspecified atom stereocenters. The zero-order valence-electron chi connectivity index (χ0n) is 24.9. The van der Waals surface area contributed by atoms with Crippen LogP contribution in [-0.4, -0.2) is 47.5 Å². The first-order valence-electron chi connectivity index (χ1n) is 15.4. The summed E-state index contributed by atoms with van der Waals surface area (Å²) in [5.74, 6) is 1.14. The first kappa shape index (κ1) is 26.6. The van der Waals surface area contributed by atoms with Gasteiger partial charge in [-0.15, -0.1) is 0 Å². The van der Waals surface area contributed by atoms with Gasteiger partial charge in [0.2, 0.25) is 5.78 Å². The van der Waals surface area contributed by atoms with Crippen molar-refractivity contribution in [2.75, 3.05) is 19.6 Å². The molecule has 6 aliphatic rings. The molecular weight excluding hydrogens is 468 g/mol. The second-order valence-corrected chi connectivity index (χ2v) is 15.4. The number of allylic oxidation sites excluding steroid dienone is 7. The number of hydrogen-bond donors (Lipinski definition) is 2. The van der Waals surface area contributed by atoms with Crippen molar-refractivity contribution < 1.29 is 9.90 Å². The Hall–Kier alpha value is -1.65. The van der Waals surface area contributed by atoms with Gasteiger partial charge >= 0.3 is 0 Å². The molecule has 1 saturated heterocycles. The van der Waals surface area contributed by atoms with Crippen LogP contribution in [0.2, 0.25) is 0 Å². The summed E-state index contributed by atoms with van der Waals surface area (Å²) in [7, 11) is 0. The summed E-state index contributed by atoms with van der Waals surface area (Å²) < 4.78 is 0. The summed E-state index contributed by atoms with van der Waals surface area (Å²) in [5.41, 5.74) is 5.39. The lowest BCUT2D eigenvalue weighted by Gasteiger charge is -2.65. The summed E-state index contributed by atoms with van der Waals surface area (Å²) in [6, 6.07) is 1.14. The Balaban J connectivity index is 1.32. The predicted octanol–water partition coefficient (Wildman–Crippen LogP) is 6.91. The maximum Gasteiger partial charge on any atom is 0.220 e. The van der Waals surface area contributed by atoms with Gasteiger partial charge in [-0.3, -0.25) is 9.69 Å². The first-order valence-corrected chi connectivity index (χ1v) is 15.4. The van der Waals surface area contributed by atoms with Gasteiger partial charge in [0, 0.05) is 42.7 Å². The van der Waals surface area contributed by atoms with Crippen LogP contribution in [0, 0.1) is 33.5 Å². The third-order valence-electron chi connectivity index (χ3n) is 12.4. The number of carbonyl (C=O) groups is 1. The van der Waals surface area contributed by atoms with Crippen LogP contribution in [0.3, 0.4) is 0 Å². The number of aliphatic hydroxyl groups excluding tert-OH is 1. The van der Waals surface area contributed by atoms with Crippen LogP contribution in [-0.2, 0) is 4.79 Å². The fraction of sp³-hybridized carbons (Fsp3) is 0.735. The highest BCUT2D eigenvalue weighted by molar-refractivity contribution is 6.06. The van der Waals surface area contributed by atoms with Crippen LogP contribution in [0.25, 0.3) is 0 Å². The number of piperazine rings is 1. The molecule has 0 aromatic rings. The average Bonchev–Trinajstić information content (AvgIpc) is 2.83. The van der Waals surface area contributed by atoms with Crippen molar-refractivity contribution in [2.24, 2.45) is 33.5 Å². The van der Waals surface area contributed by atoms with Gasteiger partial charge in [0.15, 0.2) is 5.76 Å². The Bertz CT molecular complexity index is 1170. The van der Waals surface area contributed by atoms with Gasteiger partial charge in [-0.1, -0.05) is 45.4 Å². The quantitative estimate of drug-likeness (QED) is 0.417. The van der Waals surface area contributed by atoms with Gasteiger partial charge in [-0.2, -0.15) is 0 Å². The summed E-state index contributed by atoms with van der Waals surface area (Å²) >= 11 is 0. The van der Waals surface area contributed by atoms with E-state index < -0.39 is 0 Å². The molecule has 0 bridgehead atoms. The first-order chi connectivity index (χ1) is 17.8. The molecule has 0 amide bonds. The molecule has 1 aliphatic heterocycles. The fourth-order valence-electron chi connectivity index (χ4n) is 10.4. The Morgan fingerprint density at radius 2 is 1.66 bits per heavy atom. The van der Waals surface area contributed by atoms with Gasteiger partial charge < -0.3 is 10.4 Å². The minimum Gasteiger partial charge on any atom is -0.504 e. The van der Waals surface area contributed by atoms with Crippen molar-refractivity contribution in [3.63, 3.8) is 0 Å². The molecular formula is C34H50N2O2. The van der Waals surface area contributed by atoms with Crippen molar-refractivity contribution in [1.82, 2.24) is 10.2 Å². The van der Waals surface area contributed by atoms with E-state index in [4.69, 9.17) is 0 Å². The van der Waals surface area contributed by atoms with Gasteiger partial charge in [0.1, 0.15) is 0 Å². The van der Waals surface area contributed by atoms with Crippen LogP contribution in [0.15, 0.2) is 46.3 Å². The Kier molecular flexibility index (Phi) is 6.06. The normalized spacial score (nSPS) is 47.2. The number of carbonyl (C=O) groups excluding carboxylic acids is 1. The van der Waals surface area contributed by atoms with Crippen LogP contribution in [0.1, 0.15) is 93.4 Å². The lowest BCUT2D eigenvalue weighted by atomic mass is 9.39. The number of rotatable bonds is 2. The molecule has 4 fully saturated rings. The van der Waals surface area contributed by atoms with Crippen LogP contribution >= 0.6 is 0 Å². The molecule has 38 heavy (non-hydrogen) atoms. The zero-order chi connectivity index (χ0) is 27.3. The van der Waals surface area contributed by atoms with E-state index in [1.165, 1.54) is 58.2 Å². The zero-order valence-corrected chi connectivity index (χ0v) is 24.9. The van der Waals surface area contributed by atoms with Crippen LogP contribution in [0.5, 0.6) is 0 Å². The molecule has 3 saturated carbocycles. The average molecular weight is 519 g/mol. The molecule has 208 valence electrons. The molecule has 5 aliphatic carbocycles. The minimum atomic E-state index is -0.222. The van der Waals surface area contributed by atoms with E-state index in [0.717, 1.165) is 29.1 Å². The number of aliphatic hydroxyl groups is 1. The topological polar surface area (TPSA) is 52.6 Å². The summed E-state index contributed by atoms with van der Waals surface area (Å²) in [5, 5.41) is 14.1. The third-order valence-corrected chi connectivity index (χ3v) is 12.4. The van der Waals surface area contributed by atoms with E-state index in [1.807, 2.05) is 6.92 Å². The predicted molar refractivity (Wildman–Crippen MR) is 155 cm³/mol. The Morgan fingerprint density at radius 3 is 2.37 bits per heavy atom. The molecule has 0 radical (unpaired) electrons. The maximum absolute atomic E-state index is 12.7. The molecule has 8 atom stereocenters. The largest absolute Gasteiger partial charge is 0.504 e. The Morgan fingerprint density at radius 1 is 0.974 bits per heavy atom. The van der Waals surface area contributed by atoms with Gasteiger partial charge in [-0.05, 0) is 111 Å². The monoisotopic (exact) mass is 518 g/mol. The highest BCUT2D eigenvalue weighted by Crippen LogP contribution is 2.70. The molecule has 2 N–H and O–H groups in total. The molecule has 0 aromatic heterocycles. The standard InChI is InChI=1S/C34H50N2O2/c1-21-18-36(19-22(2)35-21)20-31(4)12-13-32(5)14-15-34(7)25(27(32)17-31)10-11-33(6)26-16-28(37)30(38)23(3)24(26)8-9-29(33)34/h8-9,16,21-22,25,27,35,38H,10-15,17-20H2,1-7H3/t21?,22?,25?,27?,31-,32?,33?,34?/m1/s1. The van der Waals surface area contributed by atoms with E-state index in [0.29, 0.717) is 28.8 Å². The number of hydrogen-bond acceptors (Lipinski definition) is 4. The number of nitrogens with zero attached hydrogens (tertiary/aromatic N) is 1.